The summed E-state index contributed by atoms with van der Waals surface area (Å²) in [4.78, 5) is 11.8. The Morgan fingerprint density at radius 2 is 2.43 bits per heavy atom. The van der Waals surface area contributed by atoms with Gasteiger partial charge < -0.3 is 5.73 Å². The van der Waals surface area contributed by atoms with Crippen LogP contribution in [-0.2, 0) is 7.05 Å². The Hall–Kier alpha value is -0.680. The first kappa shape index (κ1) is 11.4. The Morgan fingerprint density at radius 1 is 1.79 bits per heavy atom. The van der Waals surface area contributed by atoms with Gasteiger partial charge in [-0.25, -0.2) is 0 Å². The summed E-state index contributed by atoms with van der Waals surface area (Å²) in [5.74, 6) is -0.0567. The van der Waals surface area contributed by atoms with E-state index in [1.54, 1.807) is 17.9 Å². The average molecular weight is 260 g/mol. The van der Waals surface area contributed by atoms with Crippen LogP contribution in [0.25, 0.3) is 0 Å². The lowest BCUT2D eigenvalue weighted by atomic mass is 10.1. The number of ketones is 1. The van der Waals surface area contributed by atoms with Gasteiger partial charge in [0, 0.05) is 7.05 Å². The molecule has 1 heterocycles. The average Bonchev–Trinajstić information content (AvgIpc) is 2.46. The maximum atomic E-state index is 11.8. The zero-order chi connectivity index (χ0) is 10.7. The predicted molar refractivity (Wildman–Crippen MR) is 58.1 cm³/mol. The monoisotopic (exact) mass is 259 g/mol. The molecular formula is C9H14BrN3O. The van der Waals surface area contributed by atoms with E-state index in [0.29, 0.717) is 16.6 Å². The van der Waals surface area contributed by atoms with Crippen LogP contribution in [0.4, 0.5) is 0 Å². The normalized spacial score (nSPS) is 12.9. The van der Waals surface area contributed by atoms with Crippen molar-refractivity contribution in [2.75, 3.05) is 0 Å². The van der Waals surface area contributed by atoms with Crippen LogP contribution in [0, 0.1) is 0 Å². The van der Waals surface area contributed by atoms with Crippen LogP contribution in [0.1, 0.15) is 30.3 Å². The quantitative estimate of drug-likeness (QED) is 0.834. The highest BCUT2D eigenvalue weighted by atomic mass is 79.9. The second kappa shape index (κ2) is 4.70. The molecule has 0 aliphatic carbocycles. The summed E-state index contributed by atoms with van der Waals surface area (Å²) in [5, 5.41) is 3.97. The highest BCUT2D eigenvalue weighted by Crippen LogP contribution is 2.17. The van der Waals surface area contributed by atoms with Crippen LogP contribution < -0.4 is 5.73 Å². The highest BCUT2D eigenvalue weighted by Gasteiger charge is 2.20. The molecule has 0 aliphatic rings. The summed E-state index contributed by atoms with van der Waals surface area (Å²) in [7, 11) is 1.73. The van der Waals surface area contributed by atoms with E-state index in [-0.39, 0.29) is 5.78 Å². The van der Waals surface area contributed by atoms with Crippen molar-refractivity contribution >= 4 is 21.7 Å². The van der Waals surface area contributed by atoms with Gasteiger partial charge in [0.2, 0.25) is 0 Å². The van der Waals surface area contributed by atoms with Gasteiger partial charge in [0.1, 0.15) is 5.69 Å². The number of hydrogen-bond acceptors (Lipinski definition) is 3. The maximum Gasteiger partial charge on any atom is 0.198 e. The fourth-order valence-electron chi connectivity index (χ4n) is 1.31. The van der Waals surface area contributed by atoms with Crippen LogP contribution in [0.3, 0.4) is 0 Å². The molecule has 14 heavy (non-hydrogen) atoms. The lowest BCUT2D eigenvalue weighted by Crippen LogP contribution is -2.31. The number of hydrogen-bond donors (Lipinski definition) is 1. The topological polar surface area (TPSA) is 60.9 Å². The molecule has 1 atom stereocenters. The Labute approximate surface area is 91.6 Å². The SMILES string of the molecule is CCCC(N)C(=O)c1c(Br)cnn1C. The second-order valence-electron chi connectivity index (χ2n) is 3.22. The second-order valence-corrected chi connectivity index (χ2v) is 4.08. The van der Waals surface area contributed by atoms with Crippen molar-refractivity contribution in [2.24, 2.45) is 12.8 Å². The summed E-state index contributed by atoms with van der Waals surface area (Å²) < 4.78 is 2.25. The van der Waals surface area contributed by atoms with Crippen molar-refractivity contribution in [2.45, 2.75) is 25.8 Å². The van der Waals surface area contributed by atoms with E-state index in [1.807, 2.05) is 6.92 Å². The Bertz CT molecular complexity index is 315. The van der Waals surface area contributed by atoms with Crippen LogP contribution in [0.5, 0.6) is 0 Å². The number of nitrogens with zero attached hydrogens (tertiary/aromatic N) is 2. The number of aromatic nitrogens is 2. The summed E-state index contributed by atoms with van der Waals surface area (Å²) in [6.07, 6.45) is 3.21. The third-order valence-electron chi connectivity index (χ3n) is 2.06. The van der Waals surface area contributed by atoms with Crippen molar-refractivity contribution in [3.05, 3.63) is 16.4 Å². The van der Waals surface area contributed by atoms with Crippen molar-refractivity contribution in [1.29, 1.82) is 0 Å². The van der Waals surface area contributed by atoms with E-state index in [0.717, 1.165) is 6.42 Å². The molecule has 0 spiro atoms. The predicted octanol–water partition coefficient (Wildman–Crippen LogP) is 1.49. The van der Waals surface area contributed by atoms with Gasteiger partial charge in [0.15, 0.2) is 5.78 Å². The smallest absolute Gasteiger partial charge is 0.198 e. The molecule has 1 unspecified atom stereocenters. The van der Waals surface area contributed by atoms with Crippen LogP contribution >= 0.6 is 15.9 Å². The van der Waals surface area contributed by atoms with Gasteiger partial charge in [-0.15, -0.1) is 0 Å². The summed E-state index contributed by atoms with van der Waals surface area (Å²) in [6, 6.07) is -0.424. The number of halogens is 1. The summed E-state index contributed by atoms with van der Waals surface area (Å²) >= 11 is 3.28. The van der Waals surface area contributed by atoms with Gasteiger partial charge in [0.25, 0.3) is 0 Å². The van der Waals surface area contributed by atoms with E-state index in [4.69, 9.17) is 5.73 Å². The van der Waals surface area contributed by atoms with Crippen molar-refractivity contribution in [3.8, 4) is 0 Å². The lowest BCUT2D eigenvalue weighted by Gasteiger charge is -2.09. The largest absolute Gasteiger partial charge is 0.321 e. The van der Waals surface area contributed by atoms with Crippen LogP contribution in [-0.4, -0.2) is 21.6 Å². The van der Waals surface area contributed by atoms with Gasteiger partial charge in [-0.3, -0.25) is 9.48 Å². The summed E-state index contributed by atoms with van der Waals surface area (Å²) in [6.45, 7) is 2.01. The fourth-order valence-corrected chi connectivity index (χ4v) is 1.85. The van der Waals surface area contributed by atoms with E-state index < -0.39 is 6.04 Å². The van der Waals surface area contributed by atoms with E-state index in [1.165, 1.54) is 0 Å². The Morgan fingerprint density at radius 3 is 2.86 bits per heavy atom. The molecule has 0 fully saturated rings. The number of Topliss-reactive ketones (excluding diaryl/α,β-unsaturated/α-hetero) is 1. The maximum absolute atomic E-state index is 11.8. The molecule has 1 aromatic heterocycles. The molecular weight excluding hydrogens is 246 g/mol. The minimum absolute atomic E-state index is 0.0567. The molecule has 1 aromatic rings. The summed E-state index contributed by atoms with van der Waals surface area (Å²) in [5.41, 5.74) is 6.29. The van der Waals surface area contributed by atoms with E-state index in [2.05, 4.69) is 21.0 Å². The third kappa shape index (κ3) is 2.22. The number of carbonyl (C=O) groups is 1. The molecule has 0 amide bonds. The standard InChI is InChI=1S/C9H14BrN3O/c1-3-4-7(11)9(14)8-6(10)5-12-13(8)2/h5,7H,3-4,11H2,1-2H3. The minimum Gasteiger partial charge on any atom is -0.321 e. The molecule has 0 saturated heterocycles. The minimum atomic E-state index is -0.424. The molecule has 0 radical (unpaired) electrons. The molecule has 2 N–H and O–H groups in total. The van der Waals surface area contributed by atoms with Crippen LogP contribution in [0.15, 0.2) is 10.7 Å². The van der Waals surface area contributed by atoms with Gasteiger partial charge >= 0.3 is 0 Å². The first-order valence-corrected chi connectivity index (χ1v) is 5.34. The van der Waals surface area contributed by atoms with Crippen molar-refractivity contribution < 1.29 is 4.79 Å². The fraction of sp³-hybridized carbons (Fsp3) is 0.556. The zero-order valence-corrected chi connectivity index (χ0v) is 9.91. The van der Waals surface area contributed by atoms with Crippen LogP contribution in [0.2, 0.25) is 0 Å². The number of rotatable bonds is 4. The Kier molecular flexibility index (Phi) is 3.83. The molecule has 0 aromatic carbocycles. The molecule has 1 rings (SSSR count). The lowest BCUT2D eigenvalue weighted by molar-refractivity contribution is 0.0946. The first-order chi connectivity index (χ1) is 6.57. The molecule has 0 aliphatic heterocycles. The van der Waals surface area contributed by atoms with Crippen molar-refractivity contribution in [1.82, 2.24) is 9.78 Å². The van der Waals surface area contributed by atoms with Gasteiger partial charge in [-0.1, -0.05) is 13.3 Å². The molecule has 5 heteroatoms. The molecule has 78 valence electrons. The number of carbonyl (C=O) groups excluding carboxylic acids is 1. The van der Waals surface area contributed by atoms with Gasteiger partial charge in [-0.2, -0.15) is 5.10 Å². The zero-order valence-electron chi connectivity index (χ0n) is 8.33. The highest BCUT2D eigenvalue weighted by molar-refractivity contribution is 9.10. The van der Waals surface area contributed by atoms with E-state index in [9.17, 15) is 4.79 Å². The Balaban J connectivity index is 2.88. The molecule has 0 saturated carbocycles. The van der Waals surface area contributed by atoms with E-state index >= 15 is 0 Å². The number of aryl methyl sites for hydroxylation is 1. The third-order valence-corrected chi connectivity index (χ3v) is 2.64. The van der Waals surface area contributed by atoms with Gasteiger partial charge in [-0.05, 0) is 22.4 Å². The molecule has 4 nitrogen and oxygen atoms in total. The molecule has 0 bridgehead atoms. The van der Waals surface area contributed by atoms with Gasteiger partial charge in [0.05, 0.1) is 16.7 Å². The first-order valence-electron chi connectivity index (χ1n) is 4.55. The number of nitrogens with two attached hydrogens (primary N) is 1. The van der Waals surface area contributed by atoms with Crippen molar-refractivity contribution in [3.63, 3.8) is 0 Å².